The predicted octanol–water partition coefficient (Wildman–Crippen LogP) is 1.28. The Labute approximate surface area is 94.9 Å². The number of amides is 1. The smallest absolute Gasteiger partial charge is 0.311 e. The highest BCUT2D eigenvalue weighted by atomic mass is 16.4. The molecule has 2 rings (SSSR count). The predicted molar refractivity (Wildman–Crippen MR) is 58.8 cm³/mol. The van der Waals surface area contributed by atoms with E-state index in [2.05, 4.69) is 0 Å². The van der Waals surface area contributed by atoms with E-state index in [0.29, 0.717) is 25.4 Å². The summed E-state index contributed by atoms with van der Waals surface area (Å²) >= 11 is 0. The highest BCUT2D eigenvalue weighted by molar-refractivity contribution is 5.89. The lowest BCUT2D eigenvalue weighted by atomic mass is 9.90. The first-order chi connectivity index (χ1) is 7.51. The zero-order valence-electron chi connectivity index (χ0n) is 9.48. The van der Waals surface area contributed by atoms with Crippen molar-refractivity contribution in [1.82, 2.24) is 4.90 Å². The van der Waals surface area contributed by atoms with Crippen LogP contribution in [0, 0.1) is 11.3 Å². The number of carbonyl (C=O) groups excluding carboxylic acids is 1. The molecule has 0 aromatic rings. The first kappa shape index (κ1) is 11.2. The van der Waals surface area contributed by atoms with Crippen LogP contribution >= 0.6 is 0 Å². The lowest BCUT2D eigenvalue weighted by molar-refractivity contribution is -0.147. The molecule has 0 aromatic heterocycles. The van der Waals surface area contributed by atoms with Crippen LogP contribution in [0.3, 0.4) is 0 Å². The summed E-state index contributed by atoms with van der Waals surface area (Å²) in [6.45, 7) is 2.58. The van der Waals surface area contributed by atoms with E-state index in [1.54, 1.807) is 17.9 Å². The van der Waals surface area contributed by atoms with Crippen molar-refractivity contribution < 1.29 is 14.7 Å². The summed E-state index contributed by atoms with van der Waals surface area (Å²) in [6.07, 6.45) is 6.45. The zero-order chi connectivity index (χ0) is 11.8. The maximum Gasteiger partial charge on any atom is 0.311 e. The molecule has 0 bridgehead atoms. The Balaban J connectivity index is 1.92. The standard InChI is InChI=1S/C12H17NO3/c1-12(11(15)16)6-7-13(8-12)10(14)5-4-9-2-3-9/h4-5,9H,2-3,6-8H2,1H3,(H,15,16)/b5-4+. The van der Waals surface area contributed by atoms with Crippen LogP contribution in [0.1, 0.15) is 26.2 Å². The average Bonchev–Trinajstić information content (AvgIpc) is 2.97. The summed E-state index contributed by atoms with van der Waals surface area (Å²) in [4.78, 5) is 24.4. The summed E-state index contributed by atoms with van der Waals surface area (Å²) in [5.41, 5.74) is -0.761. The molecule has 1 atom stereocenters. The number of rotatable bonds is 3. The van der Waals surface area contributed by atoms with Crippen LogP contribution in [0.15, 0.2) is 12.2 Å². The molecule has 2 fully saturated rings. The topological polar surface area (TPSA) is 57.6 Å². The van der Waals surface area contributed by atoms with Crippen molar-refractivity contribution in [2.75, 3.05) is 13.1 Å². The molecular formula is C12H17NO3. The number of carboxylic acids is 1. The fraction of sp³-hybridized carbons (Fsp3) is 0.667. The van der Waals surface area contributed by atoms with Gasteiger partial charge in [0.2, 0.25) is 5.91 Å². The van der Waals surface area contributed by atoms with Gasteiger partial charge in [0.25, 0.3) is 0 Å². The van der Waals surface area contributed by atoms with Gasteiger partial charge in [0.15, 0.2) is 0 Å². The molecule has 88 valence electrons. The second-order valence-electron chi connectivity index (χ2n) is 5.07. The highest BCUT2D eigenvalue weighted by Crippen LogP contribution is 2.32. The molecular weight excluding hydrogens is 206 g/mol. The average molecular weight is 223 g/mol. The molecule has 0 radical (unpaired) electrons. The minimum Gasteiger partial charge on any atom is -0.481 e. The molecule has 1 aliphatic heterocycles. The van der Waals surface area contributed by atoms with Crippen molar-refractivity contribution >= 4 is 11.9 Å². The van der Waals surface area contributed by atoms with E-state index in [4.69, 9.17) is 5.11 Å². The molecule has 16 heavy (non-hydrogen) atoms. The van der Waals surface area contributed by atoms with E-state index in [-0.39, 0.29) is 5.91 Å². The van der Waals surface area contributed by atoms with E-state index in [0.717, 1.165) is 0 Å². The van der Waals surface area contributed by atoms with Crippen molar-refractivity contribution in [3.63, 3.8) is 0 Å². The summed E-state index contributed by atoms with van der Waals surface area (Å²) in [7, 11) is 0. The van der Waals surface area contributed by atoms with Crippen molar-refractivity contribution in [2.24, 2.45) is 11.3 Å². The molecule has 1 N–H and O–H groups in total. The van der Waals surface area contributed by atoms with Gasteiger partial charge in [0.05, 0.1) is 5.41 Å². The maximum atomic E-state index is 11.7. The number of hydrogen-bond donors (Lipinski definition) is 1. The highest BCUT2D eigenvalue weighted by Gasteiger charge is 2.41. The lowest BCUT2D eigenvalue weighted by Gasteiger charge is -2.18. The van der Waals surface area contributed by atoms with Gasteiger partial charge in [-0.3, -0.25) is 9.59 Å². The quantitative estimate of drug-likeness (QED) is 0.733. The van der Waals surface area contributed by atoms with Crippen LogP contribution in [0.25, 0.3) is 0 Å². The summed E-state index contributed by atoms with van der Waals surface area (Å²) in [6, 6.07) is 0. The normalized spacial score (nSPS) is 29.9. The fourth-order valence-electron chi connectivity index (χ4n) is 1.94. The molecule has 0 aromatic carbocycles. The van der Waals surface area contributed by atoms with E-state index >= 15 is 0 Å². The monoisotopic (exact) mass is 223 g/mol. The summed E-state index contributed by atoms with van der Waals surface area (Å²) in [5.74, 6) is -0.275. The van der Waals surface area contributed by atoms with E-state index in [1.807, 2.05) is 6.08 Å². The number of carboxylic acid groups (broad SMARTS) is 1. The number of hydrogen-bond acceptors (Lipinski definition) is 2. The van der Waals surface area contributed by atoms with Gasteiger partial charge >= 0.3 is 5.97 Å². The number of aliphatic carboxylic acids is 1. The van der Waals surface area contributed by atoms with E-state index < -0.39 is 11.4 Å². The SMILES string of the molecule is CC1(C(=O)O)CCN(C(=O)/C=C/C2CC2)C1. The number of likely N-dealkylation sites (tertiary alicyclic amines) is 1. The third-order valence-corrected chi connectivity index (χ3v) is 3.43. The number of nitrogens with zero attached hydrogens (tertiary/aromatic N) is 1. The second-order valence-corrected chi connectivity index (χ2v) is 5.07. The van der Waals surface area contributed by atoms with Gasteiger partial charge in [0.1, 0.15) is 0 Å². The molecule has 1 saturated carbocycles. The van der Waals surface area contributed by atoms with E-state index in [1.165, 1.54) is 12.8 Å². The Morgan fingerprint density at radius 1 is 1.44 bits per heavy atom. The third-order valence-electron chi connectivity index (χ3n) is 3.43. The van der Waals surface area contributed by atoms with Crippen LogP contribution < -0.4 is 0 Å². The van der Waals surface area contributed by atoms with Gasteiger partial charge in [-0.2, -0.15) is 0 Å². The Bertz CT molecular complexity index is 346. The molecule has 1 aliphatic carbocycles. The second kappa shape index (κ2) is 3.92. The minimum atomic E-state index is -0.811. The van der Waals surface area contributed by atoms with Gasteiger partial charge in [-0.15, -0.1) is 0 Å². The molecule has 2 aliphatic rings. The number of allylic oxidation sites excluding steroid dienone is 1. The molecule has 0 spiro atoms. The van der Waals surface area contributed by atoms with E-state index in [9.17, 15) is 9.59 Å². The fourth-order valence-corrected chi connectivity index (χ4v) is 1.94. The van der Waals surface area contributed by atoms with Crippen LogP contribution in [0.4, 0.5) is 0 Å². The third kappa shape index (κ3) is 2.26. The van der Waals surface area contributed by atoms with Gasteiger partial charge < -0.3 is 10.0 Å². The first-order valence-electron chi connectivity index (χ1n) is 5.72. The Kier molecular flexibility index (Phi) is 2.74. The largest absolute Gasteiger partial charge is 0.481 e. The van der Waals surface area contributed by atoms with Crippen molar-refractivity contribution in [1.29, 1.82) is 0 Å². The van der Waals surface area contributed by atoms with Crippen molar-refractivity contribution in [3.8, 4) is 0 Å². The van der Waals surface area contributed by atoms with Crippen LogP contribution in [0.5, 0.6) is 0 Å². The molecule has 1 heterocycles. The van der Waals surface area contributed by atoms with Gasteiger partial charge in [-0.05, 0) is 38.2 Å². The molecule has 1 unspecified atom stereocenters. The van der Waals surface area contributed by atoms with Crippen LogP contribution in [-0.4, -0.2) is 35.0 Å². The lowest BCUT2D eigenvalue weighted by Crippen LogP contribution is -2.34. The van der Waals surface area contributed by atoms with Gasteiger partial charge in [0, 0.05) is 13.1 Å². The molecule has 4 heteroatoms. The van der Waals surface area contributed by atoms with Gasteiger partial charge in [-0.1, -0.05) is 6.08 Å². The Morgan fingerprint density at radius 3 is 2.62 bits per heavy atom. The van der Waals surface area contributed by atoms with Crippen molar-refractivity contribution in [3.05, 3.63) is 12.2 Å². The molecule has 1 saturated heterocycles. The van der Waals surface area contributed by atoms with Crippen LogP contribution in [0.2, 0.25) is 0 Å². The number of carbonyl (C=O) groups is 2. The molecule has 4 nitrogen and oxygen atoms in total. The minimum absolute atomic E-state index is 0.0446. The molecule has 1 amide bonds. The summed E-state index contributed by atoms with van der Waals surface area (Å²) < 4.78 is 0. The Morgan fingerprint density at radius 2 is 2.12 bits per heavy atom. The Hall–Kier alpha value is -1.32. The zero-order valence-corrected chi connectivity index (χ0v) is 9.48. The van der Waals surface area contributed by atoms with Gasteiger partial charge in [-0.25, -0.2) is 0 Å². The summed E-state index contributed by atoms with van der Waals surface area (Å²) in [5, 5.41) is 9.04. The van der Waals surface area contributed by atoms with Crippen molar-refractivity contribution in [2.45, 2.75) is 26.2 Å². The van der Waals surface area contributed by atoms with Crippen LogP contribution in [-0.2, 0) is 9.59 Å². The maximum absolute atomic E-state index is 11.7. The first-order valence-corrected chi connectivity index (χ1v) is 5.72.